The van der Waals surface area contributed by atoms with Gasteiger partial charge in [-0.3, -0.25) is 4.79 Å². The summed E-state index contributed by atoms with van der Waals surface area (Å²) in [5.74, 6) is 1.97. The Labute approximate surface area is 209 Å². The number of benzene rings is 2. The van der Waals surface area contributed by atoms with E-state index in [4.69, 9.17) is 24.9 Å². The van der Waals surface area contributed by atoms with Crippen LogP contribution in [0.3, 0.4) is 0 Å². The van der Waals surface area contributed by atoms with Crippen LogP contribution in [-0.2, 0) is 11.2 Å². The summed E-state index contributed by atoms with van der Waals surface area (Å²) in [4.78, 5) is 21.2. The molecule has 0 saturated heterocycles. The first-order valence-electron chi connectivity index (χ1n) is 11.5. The SMILES string of the molecule is COc1cc(Nc2ncc3ccn(-c4cccc(CCC(=O)NCCN)c4)c3n2)cc(OC)c1OC. The molecular formula is C26H30N6O4. The zero-order chi connectivity index (χ0) is 25.5. The van der Waals surface area contributed by atoms with Gasteiger partial charge in [0.25, 0.3) is 0 Å². The summed E-state index contributed by atoms with van der Waals surface area (Å²) in [6, 6.07) is 13.6. The highest BCUT2D eigenvalue weighted by molar-refractivity contribution is 5.79. The molecule has 10 nitrogen and oxygen atoms in total. The summed E-state index contributed by atoms with van der Waals surface area (Å²) in [5, 5.41) is 6.92. The predicted octanol–water partition coefficient (Wildman–Crippen LogP) is 3.20. The largest absolute Gasteiger partial charge is 0.493 e. The van der Waals surface area contributed by atoms with Crippen molar-refractivity contribution in [3.8, 4) is 22.9 Å². The average Bonchev–Trinajstić information content (AvgIpc) is 3.33. The number of nitrogens with two attached hydrogens (primary N) is 1. The summed E-state index contributed by atoms with van der Waals surface area (Å²) in [7, 11) is 4.69. The van der Waals surface area contributed by atoms with Gasteiger partial charge in [0, 0.05) is 60.8 Å². The lowest BCUT2D eigenvalue weighted by Crippen LogP contribution is -2.29. The van der Waals surface area contributed by atoms with Crippen molar-refractivity contribution in [1.29, 1.82) is 0 Å². The molecule has 36 heavy (non-hydrogen) atoms. The Hall–Kier alpha value is -4.31. The minimum atomic E-state index is -0.00693. The minimum absolute atomic E-state index is 0.00693. The Kier molecular flexibility index (Phi) is 7.86. The number of nitrogens with one attached hydrogen (secondary N) is 2. The quantitative estimate of drug-likeness (QED) is 0.293. The molecule has 0 unspecified atom stereocenters. The summed E-state index contributed by atoms with van der Waals surface area (Å²) in [6.07, 6.45) is 4.76. The second-order valence-electron chi connectivity index (χ2n) is 8.01. The lowest BCUT2D eigenvalue weighted by Gasteiger charge is -2.14. The van der Waals surface area contributed by atoms with Crippen LogP contribution in [0.4, 0.5) is 11.6 Å². The van der Waals surface area contributed by atoms with Crippen LogP contribution >= 0.6 is 0 Å². The summed E-state index contributed by atoms with van der Waals surface area (Å²) in [6.45, 7) is 0.917. The molecule has 0 atom stereocenters. The Balaban J connectivity index is 1.59. The van der Waals surface area contributed by atoms with E-state index in [1.54, 1.807) is 39.7 Å². The highest BCUT2D eigenvalue weighted by Gasteiger charge is 2.15. The molecule has 4 N–H and O–H groups in total. The van der Waals surface area contributed by atoms with Gasteiger partial charge >= 0.3 is 0 Å². The normalized spacial score (nSPS) is 10.8. The van der Waals surface area contributed by atoms with Crippen LogP contribution < -0.4 is 30.6 Å². The molecule has 0 aliphatic rings. The number of ether oxygens (including phenoxy) is 3. The molecule has 0 fully saturated rings. The maximum absolute atomic E-state index is 11.9. The topological polar surface area (TPSA) is 126 Å². The van der Waals surface area contributed by atoms with Gasteiger partial charge in [-0.1, -0.05) is 12.1 Å². The van der Waals surface area contributed by atoms with Gasteiger partial charge in [0.15, 0.2) is 11.5 Å². The molecule has 0 radical (unpaired) electrons. The molecule has 2 aromatic carbocycles. The third-order valence-corrected chi connectivity index (χ3v) is 5.64. The van der Waals surface area contributed by atoms with E-state index in [-0.39, 0.29) is 5.91 Å². The van der Waals surface area contributed by atoms with Gasteiger partial charge in [-0.2, -0.15) is 4.98 Å². The van der Waals surface area contributed by atoms with Crippen molar-refractivity contribution in [1.82, 2.24) is 19.9 Å². The maximum Gasteiger partial charge on any atom is 0.229 e. The summed E-state index contributed by atoms with van der Waals surface area (Å²) >= 11 is 0. The van der Waals surface area contributed by atoms with E-state index in [0.29, 0.717) is 54.8 Å². The van der Waals surface area contributed by atoms with E-state index in [1.807, 2.05) is 35.0 Å². The van der Waals surface area contributed by atoms with Crippen LogP contribution in [-0.4, -0.2) is 54.9 Å². The number of carbonyl (C=O) groups is 1. The van der Waals surface area contributed by atoms with Crippen molar-refractivity contribution < 1.29 is 19.0 Å². The fourth-order valence-electron chi connectivity index (χ4n) is 3.89. The maximum atomic E-state index is 11.9. The van der Waals surface area contributed by atoms with Crippen LogP contribution in [0.25, 0.3) is 16.7 Å². The molecule has 0 saturated carbocycles. The van der Waals surface area contributed by atoms with E-state index in [0.717, 1.165) is 22.3 Å². The van der Waals surface area contributed by atoms with E-state index < -0.39 is 0 Å². The van der Waals surface area contributed by atoms with E-state index in [1.165, 1.54) is 0 Å². The second kappa shape index (κ2) is 11.4. The molecule has 0 aliphatic heterocycles. The number of nitrogens with zero attached hydrogens (tertiary/aromatic N) is 3. The summed E-state index contributed by atoms with van der Waals surface area (Å²) in [5.41, 5.74) is 8.89. The molecule has 4 rings (SSSR count). The number of hydrogen-bond donors (Lipinski definition) is 3. The zero-order valence-electron chi connectivity index (χ0n) is 20.6. The van der Waals surface area contributed by atoms with Gasteiger partial charge in [0.1, 0.15) is 5.65 Å². The molecule has 188 valence electrons. The average molecular weight is 491 g/mol. The molecule has 1 amide bonds. The van der Waals surface area contributed by atoms with Crippen molar-refractivity contribution in [2.45, 2.75) is 12.8 Å². The van der Waals surface area contributed by atoms with Gasteiger partial charge in [-0.25, -0.2) is 4.98 Å². The standard InChI is InChI=1S/C26H30N6O4/c1-34-21-14-19(15-22(35-2)24(21)36-3)30-26-29-16-18-9-12-32(25(18)31-26)20-6-4-5-17(13-20)7-8-23(33)28-11-10-27/h4-6,9,12-16H,7-8,10-11,27H2,1-3H3,(H,28,33)(H,29,30,31). The fraction of sp³-hybridized carbons (Fsp3) is 0.269. The Bertz CT molecular complexity index is 1330. The van der Waals surface area contributed by atoms with Gasteiger partial charge in [-0.05, 0) is 30.2 Å². The van der Waals surface area contributed by atoms with Crippen LogP contribution in [0.15, 0.2) is 54.9 Å². The molecular weight excluding hydrogens is 460 g/mol. The second-order valence-corrected chi connectivity index (χ2v) is 8.01. The minimum Gasteiger partial charge on any atom is -0.493 e. The Morgan fingerprint density at radius 1 is 1.06 bits per heavy atom. The van der Waals surface area contributed by atoms with Crippen LogP contribution in [0, 0.1) is 0 Å². The molecule has 0 spiro atoms. The Morgan fingerprint density at radius 2 is 1.83 bits per heavy atom. The number of anilines is 2. The first-order valence-corrected chi connectivity index (χ1v) is 11.5. The van der Waals surface area contributed by atoms with Gasteiger partial charge in [0.05, 0.1) is 21.3 Å². The van der Waals surface area contributed by atoms with E-state index in [9.17, 15) is 4.79 Å². The van der Waals surface area contributed by atoms with E-state index in [2.05, 4.69) is 21.7 Å². The van der Waals surface area contributed by atoms with Crippen molar-refractivity contribution >= 4 is 28.6 Å². The zero-order valence-corrected chi connectivity index (χ0v) is 20.6. The van der Waals surface area contributed by atoms with E-state index >= 15 is 0 Å². The van der Waals surface area contributed by atoms with Crippen molar-refractivity contribution in [2.75, 3.05) is 39.7 Å². The molecule has 2 heterocycles. The number of aromatic nitrogens is 3. The summed E-state index contributed by atoms with van der Waals surface area (Å²) < 4.78 is 18.3. The number of aryl methyl sites for hydroxylation is 1. The molecule has 0 aliphatic carbocycles. The highest BCUT2D eigenvalue weighted by Crippen LogP contribution is 2.40. The number of methoxy groups -OCH3 is 3. The monoisotopic (exact) mass is 490 g/mol. The smallest absolute Gasteiger partial charge is 0.229 e. The van der Waals surface area contributed by atoms with Gasteiger partial charge in [0.2, 0.25) is 17.6 Å². The first-order chi connectivity index (χ1) is 17.6. The third kappa shape index (κ3) is 5.49. The number of hydrogen-bond acceptors (Lipinski definition) is 8. The number of rotatable bonds is 11. The van der Waals surface area contributed by atoms with Crippen molar-refractivity contribution in [2.24, 2.45) is 5.73 Å². The van der Waals surface area contributed by atoms with Crippen molar-refractivity contribution in [3.63, 3.8) is 0 Å². The number of amides is 1. The third-order valence-electron chi connectivity index (χ3n) is 5.64. The lowest BCUT2D eigenvalue weighted by molar-refractivity contribution is -0.121. The van der Waals surface area contributed by atoms with Crippen LogP contribution in [0.2, 0.25) is 0 Å². The predicted molar refractivity (Wildman–Crippen MR) is 139 cm³/mol. The van der Waals surface area contributed by atoms with Crippen LogP contribution in [0.5, 0.6) is 17.2 Å². The van der Waals surface area contributed by atoms with Crippen molar-refractivity contribution in [3.05, 3.63) is 60.4 Å². The Morgan fingerprint density at radius 3 is 2.53 bits per heavy atom. The van der Waals surface area contributed by atoms with Gasteiger partial charge < -0.3 is 35.1 Å². The lowest BCUT2D eigenvalue weighted by atomic mass is 10.1. The molecule has 10 heteroatoms. The van der Waals surface area contributed by atoms with Gasteiger partial charge in [-0.15, -0.1) is 0 Å². The molecule has 0 bridgehead atoms. The molecule has 4 aromatic rings. The number of carbonyl (C=O) groups excluding carboxylic acids is 1. The highest BCUT2D eigenvalue weighted by atomic mass is 16.5. The fourth-order valence-corrected chi connectivity index (χ4v) is 3.89. The van der Waals surface area contributed by atoms with Crippen LogP contribution in [0.1, 0.15) is 12.0 Å². The molecule has 2 aromatic heterocycles. The first kappa shape index (κ1) is 24.8. The number of fused-ring (bicyclic) bond motifs is 1.